The van der Waals surface area contributed by atoms with Gasteiger partial charge < -0.3 is 10.2 Å². The highest BCUT2D eigenvalue weighted by atomic mass is 19.1. The van der Waals surface area contributed by atoms with Crippen LogP contribution in [-0.2, 0) is 0 Å². The van der Waals surface area contributed by atoms with Crippen molar-refractivity contribution < 1.29 is 4.39 Å². The van der Waals surface area contributed by atoms with Gasteiger partial charge in [-0.25, -0.2) is 4.39 Å². The molecule has 66 valence electrons. The van der Waals surface area contributed by atoms with Crippen LogP contribution in [0.5, 0.6) is 0 Å². The van der Waals surface area contributed by atoms with Crippen molar-refractivity contribution in [3.63, 3.8) is 0 Å². The predicted octanol–water partition coefficient (Wildman–Crippen LogP) is 0.636. The monoisotopic (exact) mass is 160 g/mol. The fourth-order valence-corrected chi connectivity index (χ4v) is 1.55. The Bertz CT molecular complexity index is 117. The van der Waals surface area contributed by atoms with Gasteiger partial charge in [-0.15, -0.1) is 0 Å². The van der Waals surface area contributed by atoms with Gasteiger partial charge in [0.25, 0.3) is 0 Å². The molecule has 1 heterocycles. The molecule has 1 fully saturated rings. The summed E-state index contributed by atoms with van der Waals surface area (Å²) in [5.41, 5.74) is 0. The second-order valence-electron chi connectivity index (χ2n) is 3.49. The van der Waals surface area contributed by atoms with E-state index in [1.54, 1.807) is 0 Å². The van der Waals surface area contributed by atoms with Gasteiger partial charge in [0.1, 0.15) is 6.67 Å². The molecule has 0 aliphatic carbocycles. The average Bonchev–Trinajstić information content (AvgIpc) is 1.99. The minimum Gasteiger partial charge on any atom is -0.306 e. The summed E-state index contributed by atoms with van der Waals surface area (Å²) >= 11 is 0. The molecule has 1 aliphatic rings. The van der Waals surface area contributed by atoms with Crippen molar-refractivity contribution in [2.45, 2.75) is 32.0 Å². The first-order valence-electron chi connectivity index (χ1n) is 4.17. The highest BCUT2D eigenvalue weighted by molar-refractivity contribution is 4.87. The van der Waals surface area contributed by atoms with Crippen LogP contribution in [0.15, 0.2) is 0 Å². The number of nitrogens with one attached hydrogen (secondary N) is 1. The molecule has 11 heavy (non-hydrogen) atoms. The van der Waals surface area contributed by atoms with E-state index in [1.165, 1.54) is 0 Å². The van der Waals surface area contributed by atoms with Crippen molar-refractivity contribution in [2.75, 3.05) is 20.3 Å². The highest BCUT2D eigenvalue weighted by Crippen LogP contribution is 2.09. The summed E-state index contributed by atoms with van der Waals surface area (Å²) in [7, 11) is 2.05. The van der Waals surface area contributed by atoms with Crippen molar-refractivity contribution in [1.29, 1.82) is 0 Å². The fraction of sp³-hybridized carbons (Fsp3) is 1.00. The Morgan fingerprint density at radius 2 is 2.18 bits per heavy atom. The lowest BCUT2D eigenvalue weighted by Crippen LogP contribution is -2.59. The quantitative estimate of drug-likeness (QED) is 0.605. The molecule has 1 aliphatic heterocycles. The smallest absolute Gasteiger partial charge is 0.106 e. The Labute approximate surface area is 67.8 Å². The maximum Gasteiger partial charge on any atom is 0.106 e. The first-order valence-corrected chi connectivity index (χ1v) is 4.17. The molecule has 1 saturated heterocycles. The van der Waals surface area contributed by atoms with Crippen LogP contribution >= 0.6 is 0 Å². The molecule has 3 unspecified atom stereocenters. The lowest BCUT2D eigenvalue weighted by molar-refractivity contribution is 0.122. The SMILES string of the molecule is CC1NC(CF)CN(C)C1C. The van der Waals surface area contributed by atoms with E-state index in [9.17, 15) is 4.39 Å². The third kappa shape index (κ3) is 1.91. The van der Waals surface area contributed by atoms with E-state index in [4.69, 9.17) is 0 Å². The summed E-state index contributed by atoms with van der Waals surface area (Å²) in [6, 6.07) is 0.943. The van der Waals surface area contributed by atoms with Gasteiger partial charge in [0.05, 0.1) is 0 Å². The molecular weight excluding hydrogens is 143 g/mol. The van der Waals surface area contributed by atoms with Gasteiger partial charge in [0.15, 0.2) is 0 Å². The number of likely N-dealkylation sites (N-methyl/N-ethyl adjacent to an activating group) is 1. The number of alkyl halides is 1. The summed E-state index contributed by atoms with van der Waals surface area (Å²) in [5.74, 6) is 0. The molecule has 3 atom stereocenters. The van der Waals surface area contributed by atoms with Gasteiger partial charge in [-0.2, -0.15) is 0 Å². The highest BCUT2D eigenvalue weighted by Gasteiger charge is 2.27. The second-order valence-corrected chi connectivity index (χ2v) is 3.49. The molecule has 0 radical (unpaired) electrons. The van der Waals surface area contributed by atoms with Crippen molar-refractivity contribution in [3.8, 4) is 0 Å². The number of hydrogen-bond acceptors (Lipinski definition) is 2. The predicted molar refractivity (Wildman–Crippen MR) is 44.5 cm³/mol. The summed E-state index contributed by atoms with van der Waals surface area (Å²) in [6.45, 7) is 4.82. The Kier molecular flexibility index (Phi) is 2.84. The third-order valence-electron chi connectivity index (χ3n) is 2.61. The molecule has 0 aromatic rings. The fourth-order valence-electron chi connectivity index (χ4n) is 1.55. The Morgan fingerprint density at radius 3 is 2.64 bits per heavy atom. The molecule has 0 spiro atoms. The molecule has 2 nitrogen and oxygen atoms in total. The Morgan fingerprint density at radius 1 is 1.55 bits per heavy atom. The minimum absolute atomic E-state index is 0.0335. The Balaban J connectivity index is 2.47. The van der Waals surface area contributed by atoms with Crippen LogP contribution in [0.4, 0.5) is 4.39 Å². The minimum atomic E-state index is -0.262. The molecule has 0 aromatic heterocycles. The molecule has 1 N–H and O–H groups in total. The van der Waals surface area contributed by atoms with Crippen LogP contribution in [0.2, 0.25) is 0 Å². The molecule has 0 saturated carbocycles. The zero-order chi connectivity index (χ0) is 8.43. The van der Waals surface area contributed by atoms with E-state index in [-0.39, 0.29) is 12.7 Å². The molecule has 0 bridgehead atoms. The number of hydrogen-bond donors (Lipinski definition) is 1. The van der Waals surface area contributed by atoms with Crippen LogP contribution in [0.25, 0.3) is 0 Å². The van der Waals surface area contributed by atoms with Crippen LogP contribution < -0.4 is 5.32 Å². The normalized spacial score (nSPS) is 40.9. The van der Waals surface area contributed by atoms with E-state index in [0.29, 0.717) is 12.1 Å². The molecule has 0 amide bonds. The zero-order valence-corrected chi connectivity index (χ0v) is 7.47. The van der Waals surface area contributed by atoms with Gasteiger partial charge >= 0.3 is 0 Å². The van der Waals surface area contributed by atoms with E-state index in [1.807, 2.05) is 7.05 Å². The van der Waals surface area contributed by atoms with Crippen LogP contribution in [0.1, 0.15) is 13.8 Å². The van der Waals surface area contributed by atoms with Crippen molar-refractivity contribution in [2.24, 2.45) is 0 Å². The van der Waals surface area contributed by atoms with Crippen LogP contribution in [-0.4, -0.2) is 43.3 Å². The first-order chi connectivity index (χ1) is 5.15. The first kappa shape index (κ1) is 8.94. The average molecular weight is 160 g/mol. The van der Waals surface area contributed by atoms with E-state index in [0.717, 1.165) is 6.54 Å². The van der Waals surface area contributed by atoms with Crippen LogP contribution in [0.3, 0.4) is 0 Å². The van der Waals surface area contributed by atoms with Gasteiger partial charge in [0, 0.05) is 24.7 Å². The second kappa shape index (κ2) is 3.50. The summed E-state index contributed by atoms with van der Waals surface area (Å²) in [4.78, 5) is 2.20. The van der Waals surface area contributed by atoms with Crippen molar-refractivity contribution in [1.82, 2.24) is 10.2 Å². The molecule has 1 rings (SSSR count). The topological polar surface area (TPSA) is 15.3 Å². The summed E-state index contributed by atoms with van der Waals surface area (Å²) in [5, 5.41) is 3.23. The summed E-state index contributed by atoms with van der Waals surface area (Å²) in [6.07, 6.45) is 0. The molecule has 3 heteroatoms. The summed E-state index contributed by atoms with van der Waals surface area (Å²) < 4.78 is 12.3. The number of rotatable bonds is 1. The van der Waals surface area contributed by atoms with E-state index >= 15 is 0 Å². The van der Waals surface area contributed by atoms with E-state index < -0.39 is 0 Å². The molecule has 0 aromatic carbocycles. The largest absolute Gasteiger partial charge is 0.306 e. The lowest BCUT2D eigenvalue weighted by Gasteiger charge is -2.40. The van der Waals surface area contributed by atoms with Crippen molar-refractivity contribution >= 4 is 0 Å². The number of piperazine rings is 1. The maximum absolute atomic E-state index is 12.3. The van der Waals surface area contributed by atoms with Crippen molar-refractivity contribution in [3.05, 3.63) is 0 Å². The van der Waals surface area contributed by atoms with Gasteiger partial charge in [-0.3, -0.25) is 0 Å². The molecular formula is C8H17FN2. The van der Waals surface area contributed by atoms with Gasteiger partial charge in [-0.1, -0.05) is 0 Å². The van der Waals surface area contributed by atoms with Gasteiger partial charge in [-0.05, 0) is 20.9 Å². The lowest BCUT2D eigenvalue weighted by atomic mass is 10.0. The zero-order valence-electron chi connectivity index (χ0n) is 7.47. The van der Waals surface area contributed by atoms with E-state index in [2.05, 4.69) is 24.1 Å². The number of halogens is 1. The maximum atomic E-state index is 12.3. The number of nitrogens with zero attached hydrogens (tertiary/aromatic N) is 1. The third-order valence-corrected chi connectivity index (χ3v) is 2.61. The van der Waals surface area contributed by atoms with Crippen LogP contribution in [0, 0.1) is 0 Å². The standard InChI is InChI=1S/C8H17FN2/c1-6-7(2)11(3)5-8(4-9)10-6/h6-8,10H,4-5H2,1-3H3. The Hall–Kier alpha value is -0.150. The van der Waals surface area contributed by atoms with Gasteiger partial charge in [0.2, 0.25) is 0 Å².